The lowest BCUT2D eigenvalue weighted by Crippen LogP contribution is -2.00. The van der Waals surface area contributed by atoms with Gasteiger partial charge in [0.15, 0.2) is 0 Å². The molecule has 0 bridgehead atoms. The Hall–Kier alpha value is -3.22. The molecule has 0 aliphatic heterocycles. The lowest BCUT2D eigenvalue weighted by molar-refractivity contribution is -0.105. The molecule has 3 aromatic rings. The van der Waals surface area contributed by atoms with Crippen LogP contribution in [0.1, 0.15) is 5.56 Å². The maximum absolute atomic E-state index is 10.5. The molecule has 0 radical (unpaired) electrons. The zero-order chi connectivity index (χ0) is 15.7. The molecule has 0 spiro atoms. The second-order valence-electron chi connectivity index (χ2n) is 4.85. The maximum Gasteiger partial charge on any atom is 0.212 e. The molecule has 1 amide bonds. The Bertz CT molecular complexity index is 877. The van der Waals surface area contributed by atoms with Gasteiger partial charge in [-0.2, -0.15) is 0 Å². The van der Waals surface area contributed by atoms with E-state index in [1.54, 1.807) is 24.7 Å². The van der Waals surface area contributed by atoms with Crippen LogP contribution in [0.5, 0.6) is 0 Å². The molecule has 0 atom stereocenters. The number of rotatable bonds is 3. The summed E-state index contributed by atoms with van der Waals surface area (Å²) in [6, 6.07) is 3.60. The van der Waals surface area contributed by atoms with E-state index < -0.39 is 0 Å². The van der Waals surface area contributed by atoms with Gasteiger partial charge in [0, 0.05) is 23.3 Å². The summed E-state index contributed by atoms with van der Waals surface area (Å²) in [6.07, 6.45) is 5.45. The van der Waals surface area contributed by atoms with E-state index >= 15 is 0 Å². The summed E-state index contributed by atoms with van der Waals surface area (Å²) < 4.78 is 0. The molecular formula is C15H14N6O. The molecule has 22 heavy (non-hydrogen) atoms. The van der Waals surface area contributed by atoms with Gasteiger partial charge in [0.2, 0.25) is 6.41 Å². The summed E-state index contributed by atoms with van der Waals surface area (Å²) in [5.41, 5.74) is 14.9. The number of anilines is 3. The van der Waals surface area contributed by atoms with Gasteiger partial charge >= 0.3 is 0 Å². The van der Waals surface area contributed by atoms with Crippen molar-refractivity contribution in [3.05, 3.63) is 36.3 Å². The van der Waals surface area contributed by atoms with Crippen LogP contribution in [0.4, 0.5) is 17.3 Å². The van der Waals surface area contributed by atoms with Gasteiger partial charge in [0.1, 0.15) is 11.6 Å². The SMILES string of the molecule is Cc1c(N)cncc1-c1cc2cc(NC=O)ncc2c(N)n1. The van der Waals surface area contributed by atoms with Crippen LogP contribution in [0.15, 0.2) is 30.7 Å². The number of aromatic nitrogens is 3. The van der Waals surface area contributed by atoms with Gasteiger partial charge in [-0.15, -0.1) is 0 Å². The van der Waals surface area contributed by atoms with Gasteiger partial charge in [-0.3, -0.25) is 9.78 Å². The number of pyridine rings is 3. The third-order valence-electron chi connectivity index (χ3n) is 3.48. The van der Waals surface area contributed by atoms with Crippen molar-refractivity contribution in [1.82, 2.24) is 15.0 Å². The first kappa shape index (κ1) is 13.7. The predicted molar refractivity (Wildman–Crippen MR) is 86.0 cm³/mol. The summed E-state index contributed by atoms with van der Waals surface area (Å²) in [5.74, 6) is 0.806. The molecule has 0 saturated carbocycles. The Morgan fingerprint density at radius 3 is 2.77 bits per heavy atom. The third-order valence-corrected chi connectivity index (χ3v) is 3.48. The highest BCUT2D eigenvalue weighted by Crippen LogP contribution is 2.30. The fraction of sp³-hybridized carbons (Fsp3) is 0.0667. The van der Waals surface area contributed by atoms with Gasteiger partial charge in [-0.05, 0) is 30.0 Å². The highest BCUT2D eigenvalue weighted by Gasteiger charge is 2.10. The van der Waals surface area contributed by atoms with E-state index in [2.05, 4.69) is 20.3 Å². The van der Waals surface area contributed by atoms with Crippen LogP contribution in [0.2, 0.25) is 0 Å². The lowest BCUT2D eigenvalue weighted by atomic mass is 10.0. The van der Waals surface area contributed by atoms with Crippen molar-refractivity contribution in [3.63, 3.8) is 0 Å². The molecule has 0 unspecified atom stereocenters. The van der Waals surface area contributed by atoms with Crippen LogP contribution in [-0.2, 0) is 4.79 Å². The minimum Gasteiger partial charge on any atom is -0.397 e. The molecule has 5 N–H and O–H groups in total. The van der Waals surface area contributed by atoms with Gasteiger partial charge < -0.3 is 16.8 Å². The highest BCUT2D eigenvalue weighted by molar-refractivity contribution is 5.95. The van der Waals surface area contributed by atoms with Crippen molar-refractivity contribution in [2.24, 2.45) is 0 Å². The third kappa shape index (κ3) is 2.28. The Kier molecular flexibility index (Phi) is 3.30. The van der Waals surface area contributed by atoms with Gasteiger partial charge in [0.05, 0.1) is 17.6 Å². The Morgan fingerprint density at radius 2 is 2.00 bits per heavy atom. The second kappa shape index (κ2) is 5.28. The number of carbonyl (C=O) groups excluding carboxylic acids is 1. The summed E-state index contributed by atoms with van der Waals surface area (Å²) in [5, 5.41) is 4.05. The Labute approximate surface area is 126 Å². The number of hydrogen-bond acceptors (Lipinski definition) is 6. The normalized spacial score (nSPS) is 10.6. The Morgan fingerprint density at radius 1 is 1.18 bits per heavy atom. The quantitative estimate of drug-likeness (QED) is 0.633. The monoisotopic (exact) mass is 294 g/mol. The van der Waals surface area contributed by atoms with Gasteiger partial charge in [0.25, 0.3) is 0 Å². The number of nitrogens with zero attached hydrogens (tertiary/aromatic N) is 3. The fourth-order valence-corrected chi connectivity index (χ4v) is 2.25. The summed E-state index contributed by atoms with van der Waals surface area (Å²) in [4.78, 5) is 23.1. The minimum absolute atomic E-state index is 0.361. The largest absolute Gasteiger partial charge is 0.397 e. The second-order valence-corrected chi connectivity index (χ2v) is 4.85. The molecule has 0 fully saturated rings. The van der Waals surface area contributed by atoms with E-state index in [4.69, 9.17) is 11.5 Å². The topological polar surface area (TPSA) is 120 Å². The number of nitrogens with two attached hydrogens (primary N) is 2. The summed E-state index contributed by atoms with van der Waals surface area (Å²) >= 11 is 0. The maximum atomic E-state index is 10.5. The molecule has 3 aromatic heterocycles. The van der Waals surface area contributed by atoms with Crippen molar-refractivity contribution in [1.29, 1.82) is 0 Å². The minimum atomic E-state index is 0.361. The Balaban J connectivity index is 2.22. The molecule has 0 aliphatic carbocycles. The van der Waals surface area contributed by atoms with Crippen molar-refractivity contribution < 1.29 is 4.79 Å². The first-order valence-corrected chi connectivity index (χ1v) is 6.57. The van der Waals surface area contributed by atoms with Crippen LogP contribution >= 0.6 is 0 Å². The van der Waals surface area contributed by atoms with Crippen LogP contribution in [-0.4, -0.2) is 21.4 Å². The zero-order valence-corrected chi connectivity index (χ0v) is 11.9. The van der Waals surface area contributed by atoms with Crippen LogP contribution in [0, 0.1) is 6.92 Å². The molecule has 110 valence electrons. The zero-order valence-electron chi connectivity index (χ0n) is 11.9. The van der Waals surface area contributed by atoms with Crippen molar-refractivity contribution in [2.45, 2.75) is 6.92 Å². The standard InChI is InChI=1S/C15H14N6O/c1-8-10(4-18-6-12(8)16)13-2-9-3-14(20-7-22)19-5-11(9)15(17)21-13/h2-7H,16H2,1H3,(H2,17,21)(H,19,20,22). The van der Waals surface area contributed by atoms with E-state index in [1.165, 1.54) is 0 Å². The van der Waals surface area contributed by atoms with E-state index in [0.29, 0.717) is 29.4 Å². The first-order chi connectivity index (χ1) is 10.6. The van der Waals surface area contributed by atoms with E-state index in [9.17, 15) is 4.79 Å². The lowest BCUT2D eigenvalue weighted by Gasteiger charge is -2.10. The number of amides is 1. The highest BCUT2D eigenvalue weighted by atomic mass is 16.1. The van der Waals surface area contributed by atoms with Crippen LogP contribution < -0.4 is 16.8 Å². The number of nitrogens with one attached hydrogen (secondary N) is 1. The number of nitrogen functional groups attached to an aromatic ring is 2. The molecule has 0 saturated heterocycles. The predicted octanol–water partition coefficient (Wildman–Crippen LogP) is 1.73. The van der Waals surface area contributed by atoms with Crippen LogP contribution in [0.25, 0.3) is 22.0 Å². The molecule has 0 aliphatic rings. The molecule has 3 heterocycles. The molecule has 7 heteroatoms. The average Bonchev–Trinajstić information content (AvgIpc) is 2.50. The van der Waals surface area contributed by atoms with E-state index in [-0.39, 0.29) is 0 Å². The van der Waals surface area contributed by atoms with E-state index in [1.807, 2.05) is 13.0 Å². The van der Waals surface area contributed by atoms with Gasteiger partial charge in [-0.25, -0.2) is 9.97 Å². The number of fused-ring (bicyclic) bond motifs is 1. The van der Waals surface area contributed by atoms with Crippen molar-refractivity contribution >= 4 is 34.5 Å². The fourth-order valence-electron chi connectivity index (χ4n) is 2.25. The smallest absolute Gasteiger partial charge is 0.212 e. The average molecular weight is 294 g/mol. The van der Waals surface area contributed by atoms with Crippen molar-refractivity contribution in [2.75, 3.05) is 16.8 Å². The molecule has 7 nitrogen and oxygen atoms in total. The van der Waals surface area contributed by atoms with Crippen molar-refractivity contribution in [3.8, 4) is 11.3 Å². The van der Waals surface area contributed by atoms with Gasteiger partial charge in [-0.1, -0.05) is 0 Å². The molecular weight excluding hydrogens is 280 g/mol. The van der Waals surface area contributed by atoms with Crippen LogP contribution in [0.3, 0.4) is 0 Å². The number of hydrogen-bond donors (Lipinski definition) is 3. The molecule has 0 aromatic carbocycles. The number of carbonyl (C=O) groups is 1. The molecule has 3 rings (SSSR count). The van der Waals surface area contributed by atoms with E-state index in [0.717, 1.165) is 21.9 Å². The summed E-state index contributed by atoms with van der Waals surface area (Å²) in [7, 11) is 0. The first-order valence-electron chi connectivity index (χ1n) is 6.57. The summed E-state index contributed by atoms with van der Waals surface area (Å²) in [6.45, 7) is 1.90.